The smallest absolute Gasteiger partial charge is 0.343 e. The predicted molar refractivity (Wildman–Crippen MR) is 201 cm³/mol. The first-order valence-electron chi connectivity index (χ1n) is 18.5. The zero-order chi connectivity index (χ0) is 42.5. The van der Waals surface area contributed by atoms with Gasteiger partial charge in [0.1, 0.15) is 24.7 Å². The quantitative estimate of drug-likeness (QED) is 0.0205. The van der Waals surface area contributed by atoms with Crippen LogP contribution in [0.4, 0.5) is 17.6 Å². The number of ether oxygens (including phenoxy) is 6. The highest BCUT2D eigenvalue weighted by molar-refractivity contribution is 5.92. The molecule has 0 aliphatic rings. The summed E-state index contributed by atoms with van der Waals surface area (Å²) in [6.07, 6.45) is 7.33. The zero-order valence-corrected chi connectivity index (χ0v) is 31.7. The molecule has 0 heterocycles. The van der Waals surface area contributed by atoms with Gasteiger partial charge in [0.05, 0.1) is 36.5 Å². The van der Waals surface area contributed by atoms with Crippen LogP contribution in [0.1, 0.15) is 84.9 Å². The molecule has 3 aromatic carbocycles. The number of rotatable bonds is 26. The standard InChI is InChI=1S/C42H46F4O12/c1-3-33(49)55-25-29(47)13-9-5-7-11-23-53-31-19-15-27(16-20-31)41(51)57-39-35(43)37(45)40(38(46)36(39)44)58-42(52)28-17-21-32(22-18-28)54-24-12-8-6-10-14-30(48)26-56-34(50)4-2/h3-4,15-22,29-30,47-48H,1-2,5-14,23-26H2. The van der Waals surface area contributed by atoms with Gasteiger partial charge < -0.3 is 38.6 Å². The lowest BCUT2D eigenvalue weighted by molar-refractivity contribution is -0.141. The summed E-state index contributed by atoms with van der Waals surface area (Å²) in [5.41, 5.74) is -0.434. The molecule has 2 unspecified atom stereocenters. The van der Waals surface area contributed by atoms with E-state index >= 15 is 0 Å². The molecule has 0 bridgehead atoms. The van der Waals surface area contributed by atoms with E-state index in [1.165, 1.54) is 48.5 Å². The second-order valence-electron chi connectivity index (χ2n) is 12.8. The normalized spacial score (nSPS) is 11.8. The van der Waals surface area contributed by atoms with Gasteiger partial charge in [0.25, 0.3) is 0 Å². The van der Waals surface area contributed by atoms with Crippen LogP contribution in [0.3, 0.4) is 0 Å². The van der Waals surface area contributed by atoms with Gasteiger partial charge in [-0.05, 0) is 74.2 Å². The average Bonchev–Trinajstić information content (AvgIpc) is 3.23. The third-order valence-electron chi connectivity index (χ3n) is 8.32. The third-order valence-corrected chi connectivity index (χ3v) is 8.32. The number of unbranched alkanes of at least 4 members (excludes halogenated alkanes) is 6. The number of aliphatic hydroxyl groups is 2. The van der Waals surface area contributed by atoms with Gasteiger partial charge in [0, 0.05) is 12.2 Å². The van der Waals surface area contributed by atoms with Crippen molar-refractivity contribution < 1.29 is 75.4 Å². The van der Waals surface area contributed by atoms with Crippen molar-refractivity contribution in [3.63, 3.8) is 0 Å². The first-order chi connectivity index (χ1) is 27.8. The number of carbonyl (C=O) groups is 4. The molecule has 0 saturated carbocycles. The number of carbonyl (C=O) groups excluding carboxylic acids is 4. The Kier molecular flexibility index (Phi) is 19.9. The van der Waals surface area contributed by atoms with E-state index in [0.29, 0.717) is 63.2 Å². The first-order valence-corrected chi connectivity index (χ1v) is 18.5. The zero-order valence-electron chi connectivity index (χ0n) is 31.7. The maximum atomic E-state index is 14.9. The van der Waals surface area contributed by atoms with Crippen LogP contribution in [0.2, 0.25) is 0 Å². The van der Waals surface area contributed by atoms with Crippen molar-refractivity contribution in [2.75, 3.05) is 26.4 Å². The van der Waals surface area contributed by atoms with E-state index in [1.807, 2.05) is 0 Å². The van der Waals surface area contributed by atoms with Gasteiger partial charge in [-0.25, -0.2) is 19.2 Å². The summed E-state index contributed by atoms with van der Waals surface area (Å²) in [4.78, 5) is 47.3. The molecule has 0 spiro atoms. The van der Waals surface area contributed by atoms with Crippen LogP contribution in [0.15, 0.2) is 73.8 Å². The predicted octanol–water partition coefficient (Wildman–Crippen LogP) is 7.52. The van der Waals surface area contributed by atoms with Crippen molar-refractivity contribution >= 4 is 23.9 Å². The number of aliphatic hydroxyl groups excluding tert-OH is 2. The molecule has 0 saturated heterocycles. The van der Waals surface area contributed by atoms with Crippen LogP contribution in [-0.2, 0) is 19.1 Å². The van der Waals surface area contributed by atoms with Gasteiger partial charge in [-0.2, -0.15) is 17.6 Å². The van der Waals surface area contributed by atoms with Crippen molar-refractivity contribution in [2.45, 2.75) is 76.4 Å². The molecule has 0 aromatic heterocycles. The SMILES string of the molecule is C=CC(=O)OCC(O)CCCCCCOc1ccc(C(=O)Oc2c(F)c(F)c(OC(=O)c3ccc(OCCCCCCC(O)COC(=O)C=C)cc3)c(F)c2F)cc1. The van der Waals surface area contributed by atoms with Gasteiger partial charge in [-0.3, -0.25) is 0 Å². The molecular weight excluding hydrogens is 772 g/mol. The molecular formula is C42H46F4O12. The van der Waals surface area contributed by atoms with Crippen molar-refractivity contribution in [1.82, 2.24) is 0 Å². The lowest BCUT2D eigenvalue weighted by Crippen LogP contribution is -2.17. The molecule has 3 aromatic rings. The van der Waals surface area contributed by atoms with E-state index in [9.17, 15) is 47.0 Å². The summed E-state index contributed by atoms with van der Waals surface area (Å²) in [7, 11) is 0. The van der Waals surface area contributed by atoms with E-state index in [0.717, 1.165) is 37.8 Å². The van der Waals surface area contributed by atoms with E-state index < -0.39 is 70.9 Å². The Morgan fingerprint density at radius 2 is 0.862 bits per heavy atom. The van der Waals surface area contributed by atoms with Gasteiger partial charge in [-0.1, -0.05) is 51.7 Å². The Hall–Kier alpha value is -5.74. The molecule has 0 fully saturated rings. The van der Waals surface area contributed by atoms with Crippen molar-refractivity contribution in [3.05, 3.63) is 108 Å². The van der Waals surface area contributed by atoms with E-state index in [1.54, 1.807) is 0 Å². The van der Waals surface area contributed by atoms with E-state index in [2.05, 4.69) is 22.6 Å². The van der Waals surface area contributed by atoms with Crippen LogP contribution < -0.4 is 18.9 Å². The molecule has 0 aliphatic heterocycles. The second-order valence-corrected chi connectivity index (χ2v) is 12.8. The Balaban J connectivity index is 1.42. The summed E-state index contributed by atoms with van der Waals surface area (Å²) in [5, 5.41) is 19.6. The Bertz CT molecular complexity index is 1670. The Labute approximate surface area is 333 Å². The van der Waals surface area contributed by atoms with Gasteiger partial charge in [-0.15, -0.1) is 0 Å². The molecule has 16 heteroatoms. The lowest BCUT2D eigenvalue weighted by atomic mass is 10.1. The van der Waals surface area contributed by atoms with Gasteiger partial charge >= 0.3 is 23.9 Å². The summed E-state index contributed by atoms with van der Waals surface area (Å²) in [6.45, 7) is 7.00. The topological polar surface area (TPSA) is 164 Å². The molecule has 2 N–H and O–H groups in total. The maximum absolute atomic E-state index is 14.9. The second kappa shape index (κ2) is 24.8. The largest absolute Gasteiger partial charge is 0.494 e. The minimum Gasteiger partial charge on any atom is -0.494 e. The molecule has 0 amide bonds. The highest BCUT2D eigenvalue weighted by Gasteiger charge is 2.31. The van der Waals surface area contributed by atoms with E-state index in [4.69, 9.17) is 18.9 Å². The Morgan fingerprint density at radius 1 is 0.534 bits per heavy atom. The number of hydrogen-bond acceptors (Lipinski definition) is 12. The van der Waals surface area contributed by atoms with Crippen LogP contribution in [0, 0.1) is 23.3 Å². The molecule has 0 aliphatic carbocycles. The van der Waals surface area contributed by atoms with Crippen molar-refractivity contribution in [3.8, 4) is 23.0 Å². The number of halogens is 4. The summed E-state index contributed by atoms with van der Waals surface area (Å²) < 4.78 is 89.6. The molecule has 12 nitrogen and oxygen atoms in total. The van der Waals surface area contributed by atoms with Crippen LogP contribution in [-0.4, -0.2) is 72.7 Å². The first kappa shape index (κ1) is 46.6. The molecule has 58 heavy (non-hydrogen) atoms. The fraction of sp³-hybridized carbons (Fsp3) is 0.381. The fourth-order valence-corrected chi connectivity index (χ4v) is 5.14. The third kappa shape index (κ3) is 15.7. The number of esters is 4. The molecule has 314 valence electrons. The summed E-state index contributed by atoms with van der Waals surface area (Å²) in [5.74, 6) is -14.9. The molecule has 3 rings (SSSR count). The van der Waals surface area contributed by atoms with Crippen molar-refractivity contribution in [1.29, 1.82) is 0 Å². The molecule has 2 atom stereocenters. The van der Waals surface area contributed by atoms with Crippen molar-refractivity contribution in [2.24, 2.45) is 0 Å². The molecule has 0 radical (unpaired) electrons. The highest BCUT2D eigenvalue weighted by Crippen LogP contribution is 2.35. The Morgan fingerprint density at radius 3 is 1.19 bits per heavy atom. The van der Waals surface area contributed by atoms with Crippen LogP contribution >= 0.6 is 0 Å². The minimum atomic E-state index is -2.10. The van der Waals surface area contributed by atoms with Gasteiger partial charge in [0.2, 0.25) is 34.8 Å². The lowest BCUT2D eigenvalue weighted by Gasteiger charge is -2.13. The monoisotopic (exact) mass is 818 g/mol. The summed E-state index contributed by atoms with van der Waals surface area (Å²) >= 11 is 0. The number of hydrogen-bond donors (Lipinski definition) is 2. The maximum Gasteiger partial charge on any atom is 0.343 e. The summed E-state index contributed by atoms with van der Waals surface area (Å²) in [6, 6.07) is 10.4. The number of benzene rings is 3. The fourth-order valence-electron chi connectivity index (χ4n) is 5.14. The van der Waals surface area contributed by atoms with Crippen LogP contribution in [0.5, 0.6) is 23.0 Å². The average molecular weight is 819 g/mol. The van der Waals surface area contributed by atoms with Crippen LogP contribution in [0.25, 0.3) is 0 Å². The minimum absolute atomic E-state index is 0.103. The van der Waals surface area contributed by atoms with E-state index in [-0.39, 0.29) is 24.3 Å². The highest BCUT2D eigenvalue weighted by atomic mass is 19.2. The van der Waals surface area contributed by atoms with Gasteiger partial charge in [0.15, 0.2) is 0 Å².